The van der Waals surface area contributed by atoms with Gasteiger partial charge in [0.05, 0.1) is 22.9 Å². The van der Waals surface area contributed by atoms with Crippen molar-refractivity contribution in [3.05, 3.63) is 53.1 Å². The van der Waals surface area contributed by atoms with Crippen molar-refractivity contribution >= 4 is 27.1 Å². The zero-order valence-electron chi connectivity index (χ0n) is 11.5. The van der Waals surface area contributed by atoms with Crippen LogP contribution < -0.4 is 10.5 Å². The van der Waals surface area contributed by atoms with Crippen LogP contribution in [0.2, 0.25) is 5.02 Å². The molecule has 6 heteroatoms. The fourth-order valence-corrected chi connectivity index (χ4v) is 3.76. The van der Waals surface area contributed by atoms with E-state index in [9.17, 15) is 8.42 Å². The summed E-state index contributed by atoms with van der Waals surface area (Å²) in [6.07, 6.45) is 0. The van der Waals surface area contributed by atoms with Gasteiger partial charge in [0.25, 0.3) is 0 Å². The lowest BCUT2D eigenvalue weighted by molar-refractivity contribution is 0.339. The lowest BCUT2D eigenvalue weighted by atomic mass is 10.2. The van der Waals surface area contributed by atoms with E-state index in [2.05, 4.69) is 0 Å². The zero-order valence-corrected chi connectivity index (χ0v) is 13.1. The van der Waals surface area contributed by atoms with Crippen molar-refractivity contribution in [3.8, 4) is 5.75 Å². The van der Waals surface area contributed by atoms with Gasteiger partial charge in [-0.25, -0.2) is 8.42 Å². The zero-order chi connectivity index (χ0) is 15.5. The Hall–Kier alpha value is -1.72. The molecule has 0 aliphatic carbocycles. The Bertz CT molecular complexity index is 744. The van der Waals surface area contributed by atoms with E-state index >= 15 is 0 Å². The summed E-state index contributed by atoms with van der Waals surface area (Å²) >= 11 is 6.02. The number of anilines is 1. The predicted octanol–water partition coefficient (Wildman–Crippen LogP) is 3.29. The van der Waals surface area contributed by atoms with Gasteiger partial charge in [-0.3, -0.25) is 0 Å². The van der Waals surface area contributed by atoms with Crippen molar-refractivity contribution in [3.63, 3.8) is 0 Å². The maximum atomic E-state index is 12.5. The van der Waals surface area contributed by atoms with Crippen molar-refractivity contribution in [1.29, 1.82) is 0 Å². The van der Waals surface area contributed by atoms with Crippen LogP contribution in [0.5, 0.6) is 5.75 Å². The average Bonchev–Trinajstić information content (AvgIpc) is 2.43. The number of benzene rings is 2. The molecule has 2 N–H and O–H groups in total. The van der Waals surface area contributed by atoms with Gasteiger partial charge in [-0.15, -0.1) is 0 Å². The van der Waals surface area contributed by atoms with Crippen LogP contribution in [0.1, 0.15) is 12.5 Å². The quantitative estimate of drug-likeness (QED) is 0.856. The van der Waals surface area contributed by atoms with Gasteiger partial charge in [0.1, 0.15) is 5.75 Å². The molecule has 0 heterocycles. The minimum Gasteiger partial charge on any atom is -0.494 e. The van der Waals surface area contributed by atoms with Crippen LogP contribution in [-0.2, 0) is 15.6 Å². The normalized spacial score (nSPS) is 11.3. The lowest BCUT2D eigenvalue weighted by Crippen LogP contribution is -2.09. The highest BCUT2D eigenvalue weighted by atomic mass is 35.5. The van der Waals surface area contributed by atoms with Gasteiger partial charge < -0.3 is 10.5 Å². The third-order valence-corrected chi connectivity index (χ3v) is 5.02. The summed E-state index contributed by atoms with van der Waals surface area (Å²) in [5.41, 5.74) is 6.54. The second-order valence-electron chi connectivity index (χ2n) is 4.48. The number of hydrogen-bond donors (Lipinski definition) is 1. The second kappa shape index (κ2) is 6.37. The van der Waals surface area contributed by atoms with E-state index in [1.54, 1.807) is 30.3 Å². The van der Waals surface area contributed by atoms with Gasteiger partial charge in [-0.2, -0.15) is 0 Å². The molecule has 0 bridgehead atoms. The molecule has 0 atom stereocenters. The summed E-state index contributed by atoms with van der Waals surface area (Å²) in [6.45, 7) is 2.28. The Kier molecular flexibility index (Phi) is 4.75. The van der Waals surface area contributed by atoms with E-state index < -0.39 is 9.84 Å². The standard InChI is InChI=1S/C15H16ClNO3S/c1-2-20-12-7-8-14(17)15(9-12)21(18,19)10-11-5-3-4-6-13(11)16/h3-9H,2,10,17H2,1H3. The van der Waals surface area contributed by atoms with Gasteiger partial charge in [-0.05, 0) is 30.7 Å². The highest BCUT2D eigenvalue weighted by Gasteiger charge is 2.20. The van der Waals surface area contributed by atoms with E-state index in [1.165, 1.54) is 12.1 Å². The van der Waals surface area contributed by atoms with Crippen molar-refractivity contribution in [2.75, 3.05) is 12.3 Å². The van der Waals surface area contributed by atoms with Gasteiger partial charge >= 0.3 is 0 Å². The number of hydrogen-bond acceptors (Lipinski definition) is 4. The van der Waals surface area contributed by atoms with Crippen molar-refractivity contribution in [2.45, 2.75) is 17.6 Å². The summed E-state index contributed by atoms with van der Waals surface area (Å²) in [6, 6.07) is 11.5. The first kappa shape index (κ1) is 15.7. The fraction of sp³-hybridized carbons (Fsp3) is 0.200. The van der Waals surface area contributed by atoms with Crippen LogP contribution >= 0.6 is 11.6 Å². The van der Waals surface area contributed by atoms with Crippen LogP contribution in [0, 0.1) is 0 Å². The Morgan fingerprint density at radius 3 is 2.57 bits per heavy atom. The predicted molar refractivity (Wildman–Crippen MR) is 84.4 cm³/mol. The smallest absolute Gasteiger partial charge is 0.184 e. The molecule has 0 radical (unpaired) electrons. The molecule has 0 aromatic heterocycles. The highest BCUT2D eigenvalue weighted by molar-refractivity contribution is 7.90. The fourth-order valence-electron chi connectivity index (χ4n) is 1.94. The molecule has 2 rings (SSSR count). The van der Waals surface area contributed by atoms with Crippen LogP contribution in [0.3, 0.4) is 0 Å². The number of sulfone groups is 1. The van der Waals surface area contributed by atoms with Gasteiger partial charge in [0, 0.05) is 11.1 Å². The minimum absolute atomic E-state index is 0.0633. The van der Waals surface area contributed by atoms with Crippen LogP contribution in [0.25, 0.3) is 0 Å². The van der Waals surface area contributed by atoms with Crippen LogP contribution in [0.15, 0.2) is 47.4 Å². The lowest BCUT2D eigenvalue weighted by Gasteiger charge is -2.11. The molecule has 21 heavy (non-hydrogen) atoms. The molecule has 0 aliphatic rings. The van der Waals surface area contributed by atoms with Gasteiger partial charge in [-0.1, -0.05) is 29.8 Å². The van der Waals surface area contributed by atoms with E-state index in [0.29, 0.717) is 22.9 Å². The third kappa shape index (κ3) is 3.68. The average molecular weight is 326 g/mol. The van der Waals surface area contributed by atoms with E-state index in [-0.39, 0.29) is 16.3 Å². The third-order valence-electron chi connectivity index (χ3n) is 2.93. The largest absolute Gasteiger partial charge is 0.494 e. The molecule has 0 amide bonds. The first-order valence-electron chi connectivity index (χ1n) is 6.42. The molecule has 0 fully saturated rings. The second-order valence-corrected chi connectivity index (χ2v) is 6.85. The Labute approximate surface area is 129 Å². The first-order valence-corrected chi connectivity index (χ1v) is 8.45. The van der Waals surface area contributed by atoms with Crippen LogP contribution in [0.4, 0.5) is 5.69 Å². The van der Waals surface area contributed by atoms with Crippen molar-refractivity contribution in [2.24, 2.45) is 0 Å². The Balaban J connectivity index is 2.40. The summed E-state index contributed by atoms with van der Waals surface area (Å²) in [5.74, 6) is 0.274. The topological polar surface area (TPSA) is 69.4 Å². The Morgan fingerprint density at radius 2 is 1.90 bits per heavy atom. The molecule has 4 nitrogen and oxygen atoms in total. The maximum absolute atomic E-state index is 12.5. The highest BCUT2D eigenvalue weighted by Crippen LogP contribution is 2.28. The molecule has 0 spiro atoms. The molecular weight excluding hydrogens is 310 g/mol. The molecule has 2 aromatic carbocycles. The number of rotatable bonds is 5. The molecule has 2 aromatic rings. The molecule has 0 aliphatic heterocycles. The van der Waals surface area contributed by atoms with Gasteiger partial charge in [0.15, 0.2) is 9.84 Å². The molecular formula is C15H16ClNO3S. The minimum atomic E-state index is -3.60. The van der Waals surface area contributed by atoms with Gasteiger partial charge in [0.2, 0.25) is 0 Å². The van der Waals surface area contributed by atoms with Crippen molar-refractivity contribution < 1.29 is 13.2 Å². The summed E-state index contributed by atoms with van der Waals surface area (Å²) < 4.78 is 30.4. The molecule has 0 unspecified atom stereocenters. The number of nitrogens with two attached hydrogens (primary N) is 1. The number of halogens is 1. The van der Waals surface area contributed by atoms with E-state index in [1.807, 2.05) is 6.92 Å². The van der Waals surface area contributed by atoms with E-state index in [4.69, 9.17) is 22.1 Å². The van der Waals surface area contributed by atoms with Crippen molar-refractivity contribution in [1.82, 2.24) is 0 Å². The Morgan fingerprint density at radius 1 is 1.19 bits per heavy atom. The number of ether oxygens (including phenoxy) is 1. The number of nitrogen functional groups attached to an aromatic ring is 1. The first-order chi connectivity index (χ1) is 9.94. The SMILES string of the molecule is CCOc1ccc(N)c(S(=O)(=O)Cc2ccccc2Cl)c1. The summed E-state index contributed by atoms with van der Waals surface area (Å²) in [5, 5.41) is 0.417. The van der Waals surface area contributed by atoms with E-state index in [0.717, 1.165) is 0 Å². The maximum Gasteiger partial charge on any atom is 0.184 e. The van der Waals surface area contributed by atoms with Crippen LogP contribution in [-0.4, -0.2) is 15.0 Å². The molecule has 0 saturated carbocycles. The molecule has 0 saturated heterocycles. The molecule has 112 valence electrons. The summed E-state index contributed by atoms with van der Waals surface area (Å²) in [4.78, 5) is 0.0633. The summed E-state index contributed by atoms with van der Waals surface area (Å²) in [7, 11) is -3.60. The monoisotopic (exact) mass is 325 g/mol.